The number of hydrogen-bond acceptors (Lipinski definition) is 12. The summed E-state index contributed by atoms with van der Waals surface area (Å²) < 4.78 is 0. The normalized spacial score (nSPS) is 18.1. The van der Waals surface area contributed by atoms with Crippen LogP contribution in [-0.2, 0) is 40.0 Å². The molecule has 54 heavy (non-hydrogen) atoms. The fourth-order valence-electron chi connectivity index (χ4n) is 6.32. The highest BCUT2D eigenvalue weighted by Gasteiger charge is 2.42. The van der Waals surface area contributed by atoms with Gasteiger partial charge >= 0.3 is 35.9 Å². The lowest BCUT2D eigenvalue weighted by Gasteiger charge is -2.34. The van der Waals surface area contributed by atoms with Crippen molar-refractivity contribution >= 4 is 65.1 Å². The molecule has 0 bridgehead atoms. The van der Waals surface area contributed by atoms with Gasteiger partial charge in [0.2, 0.25) is 11.8 Å². The topological polar surface area (TPSA) is 296 Å². The van der Waals surface area contributed by atoms with Gasteiger partial charge in [-0.3, -0.25) is 48.3 Å². The summed E-state index contributed by atoms with van der Waals surface area (Å²) in [5.41, 5.74) is 0.964. The van der Waals surface area contributed by atoms with E-state index in [4.69, 9.17) is 10.2 Å². The highest BCUT2D eigenvalue weighted by Crippen LogP contribution is 2.33. The molecule has 0 radical (unpaired) electrons. The van der Waals surface area contributed by atoms with Crippen molar-refractivity contribution in [2.24, 2.45) is 0 Å². The smallest absolute Gasteiger partial charge is 0.317 e. The van der Waals surface area contributed by atoms with Crippen molar-refractivity contribution in [3.63, 3.8) is 0 Å². The number of unbranched alkanes of at least 4 members (excludes halogenated alkanes) is 1. The van der Waals surface area contributed by atoms with E-state index in [-0.39, 0.29) is 63.0 Å². The molecule has 4 amide bonds. The number of amides is 4. The lowest BCUT2D eigenvalue weighted by molar-refractivity contribution is -0.144. The number of aliphatic carboxylic acids is 5. The van der Waals surface area contributed by atoms with Gasteiger partial charge in [-0.25, -0.2) is 4.79 Å². The molecule has 2 aliphatic rings. The third kappa shape index (κ3) is 15.9. The monoisotopic (exact) mass is 781 g/mol. The van der Waals surface area contributed by atoms with Gasteiger partial charge in [0.15, 0.2) is 0 Å². The van der Waals surface area contributed by atoms with E-state index >= 15 is 0 Å². The average molecular weight is 782 g/mol. The van der Waals surface area contributed by atoms with Gasteiger partial charge < -0.3 is 46.8 Å². The molecule has 2 fully saturated rings. The Morgan fingerprint density at radius 1 is 0.759 bits per heavy atom. The summed E-state index contributed by atoms with van der Waals surface area (Å²) in [4.78, 5) is 97.5. The molecule has 0 aliphatic carbocycles. The van der Waals surface area contributed by atoms with Gasteiger partial charge in [0.05, 0.1) is 51.4 Å². The average Bonchev–Trinajstić information content (AvgIpc) is 3.62. The number of carboxylic acids is 5. The molecular formula is C33H47N7O13S. The number of carboxylic acid groups (broad SMARTS) is 5. The Hall–Kier alpha value is -4.99. The number of anilines is 1. The van der Waals surface area contributed by atoms with E-state index in [1.54, 1.807) is 36.0 Å². The standard InChI is InChI=1S/C33H47N7O13S/c41-25(4-2-1-3-24-32-23(19-54-24)36-33(53)37-32)34-12-26(42)35-21-7-5-20(6-8-21)11-22(40(17-30(49)50)18-31(51)52)13-38(14-27(43)44)9-10-39(15-28(45)46)16-29(47)48/h5-8,22-24,32H,1-4,9-19H2,(H,34,41)(H,35,42)(H,43,44)(H,45,46)(H,47,48)(H,49,50)(H,51,52)(H2,36,37,53). The van der Waals surface area contributed by atoms with Crippen LogP contribution in [0.15, 0.2) is 24.3 Å². The highest BCUT2D eigenvalue weighted by molar-refractivity contribution is 8.00. The zero-order valence-electron chi connectivity index (χ0n) is 29.5. The van der Waals surface area contributed by atoms with Crippen LogP contribution >= 0.6 is 11.8 Å². The minimum Gasteiger partial charge on any atom is -0.480 e. The van der Waals surface area contributed by atoms with Crippen LogP contribution in [0, 0.1) is 0 Å². The van der Waals surface area contributed by atoms with E-state index in [9.17, 15) is 53.7 Å². The van der Waals surface area contributed by atoms with Crippen molar-refractivity contribution < 1.29 is 63.9 Å². The summed E-state index contributed by atoms with van der Waals surface area (Å²) >= 11 is 1.80. The van der Waals surface area contributed by atoms with Gasteiger partial charge in [-0.05, 0) is 37.0 Å². The van der Waals surface area contributed by atoms with Crippen LogP contribution in [0.2, 0.25) is 0 Å². The van der Waals surface area contributed by atoms with E-state index in [2.05, 4.69) is 21.3 Å². The Labute approximate surface area is 314 Å². The maximum atomic E-state index is 12.5. The van der Waals surface area contributed by atoms with Crippen LogP contribution in [0.4, 0.5) is 10.5 Å². The molecule has 3 rings (SSSR count). The molecule has 1 aromatic rings. The van der Waals surface area contributed by atoms with E-state index in [1.807, 2.05) is 0 Å². The van der Waals surface area contributed by atoms with Crippen molar-refractivity contribution in [1.29, 1.82) is 0 Å². The third-order valence-corrected chi connectivity index (χ3v) is 10.2. The molecule has 2 heterocycles. The number of urea groups is 1. The number of nitrogens with zero attached hydrogens (tertiary/aromatic N) is 3. The predicted molar refractivity (Wildman–Crippen MR) is 192 cm³/mol. The first-order valence-corrected chi connectivity index (χ1v) is 18.2. The maximum absolute atomic E-state index is 12.5. The minimum absolute atomic E-state index is 0.0428. The Morgan fingerprint density at radius 3 is 1.93 bits per heavy atom. The Kier molecular flexibility index (Phi) is 17.4. The van der Waals surface area contributed by atoms with E-state index in [1.165, 1.54) is 4.90 Å². The van der Waals surface area contributed by atoms with Gasteiger partial charge in [-0.1, -0.05) is 18.6 Å². The fraction of sp³-hybridized carbons (Fsp3) is 0.576. The van der Waals surface area contributed by atoms with Crippen LogP contribution in [0.5, 0.6) is 0 Å². The summed E-state index contributed by atoms with van der Waals surface area (Å²) in [6, 6.07) is 5.55. The number of carbonyl (C=O) groups excluding carboxylic acids is 3. The molecule has 0 aromatic heterocycles. The molecule has 9 N–H and O–H groups in total. The number of benzene rings is 1. The first kappa shape index (κ1) is 43.4. The maximum Gasteiger partial charge on any atom is 0.317 e. The number of thioether (sulfide) groups is 1. The molecule has 0 saturated carbocycles. The predicted octanol–water partition coefficient (Wildman–Crippen LogP) is -1.29. The molecule has 21 heteroatoms. The van der Waals surface area contributed by atoms with Gasteiger partial charge in [0, 0.05) is 48.8 Å². The minimum atomic E-state index is -1.33. The van der Waals surface area contributed by atoms with E-state index in [0.29, 0.717) is 22.9 Å². The number of carbonyl (C=O) groups is 8. The first-order valence-electron chi connectivity index (χ1n) is 17.2. The van der Waals surface area contributed by atoms with E-state index in [0.717, 1.165) is 28.4 Å². The van der Waals surface area contributed by atoms with Crippen molar-refractivity contribution in [2.45, 2.75) is 55.5 Å². The molecule has 2 saturated heterocycles. The molecule has 298 valence electrons. The second kappa shape index (κ2) is 21.6. The molecule has 4 unspecified atom stereocenters. The number of nitrogens with one attached hydrogen (secondary N) is 4. The van der Waals surface area contributed by atoms with Crippen molar-refractivity contribution in [1.82, 2.24) is 30.7 Å². The largest absolute Gasteiger partial charge is 0.480 e. The number of hydrogen-bond donors (Lipinski definition) is 9. The Bertz CT molecular complexity index is 1480. The van der Waals surface area contributed by atoms with Crippen LogP contribution < -0.4 is 21.3 Å². The second-order valence-electron chi connectivity index (χ2n) is 13.1. The van der Waals surface area contributed by atoms with Gasteiger partial charge in [0.25, 0.3) is 0 Å². The van der Waals surface area contributed by atoms with E-state index < -0.39 is 74.5 Å². The summed E-state index contributed by atoms with van der Waals surface area (Å²) in [6.07, 6.45) is 2.57. The second-order valence-corrected chi connectivity index (χ2v) is 14.3. The third-order valence-electron chi connectivity index (χ3n) is 8.71. The van der Waals surface area contributed by atoms with Gasteiger partial charge in [0.1, 0.15) is 0 Å². The molecule has 20 nitrogen and oxygen atoms in total. The van der Waals surface area contributed by atoms with Crippen LogP contribution in [0.3, 0.4) is 0 Å². The van der Waals surface area contributed by atoms with Crippen molar-refractivity contribution in [3.05, 3.63) is 29.8 Å². The molecular weight excluding hydrogens is 734 g/mol. The lowest BCUT2D eigenvalue weighted by atomic mass is 10.0. The summed E-state index contributed by atoms with van der Waals surface area (Å²) in [7, 11) is 0. The van der Waals surface area contributed by atoms with Crippen LogP contribution in [0.1, 0.15) is 31.2 Å². The van der Waals surface area contributed by atoms with Crippen molar-refractivity contribution in [3.8, 4) is 0 Å². The van der Waals surface area contributed by atoms with Crippen LogP contribution in [0.25, 0.3) is 0 Å². The van der Waals surface area contributed by atoms with Crippen LogP contribution in [-0.4, -0.2) is 176 Å². The summed E-state index contributed by atoms with van der Waals surface area (Å²) in [5.74, 6) is -6.42. The number of rotatable bonds is 26. The van der Waals surface area contributed by atoms with Gasteiger partial charge in [-0.15, -0.1) is 0 Å². The van der Waals surface area contributed by atoms with Gasteiger partial charge in [-0.2, -0.15) is 11.8 Å². The van der Waals surface area contributed by atoms with Crippen molar-refractivity contribution in [2.75, 3.05) is 70.0 Å². The summed E-state index contributed by atoms with van der Waals surface area (Å²) in [5, 5.41) is 58.3. The summed E-state index contributed by atoms with van der Waals surface area (Å²) in [6.45, 7) is -3.95. The Balaban J connectivity index is 1.56. The fourth-order valence-corrected chi connectivity index (χ4v) is 7.86. The first-order chi connectivity index (χ1) is 25.6. The molecule has 4 atom stereocenters. The molecule has 0 spiro atoms. The zero-order valence-corrected chi connectivity index (χ0v) is 30.3. The SMILES string of the molecule is O=C(O)CN(CCN(CC(=O)O)CC(Cc1ccc(NC(=O)CNC(=O)CCCCC2SCC3NC(=O)NC32)cc1)N(CC(=O)O)CC(=O)O)CC(=O)O. The number of fused-ring (bicyclic) bond motifs is 1. The Morgan fingerprint density at radius 2 is 1.33 bits per heavy atom. The lowest BCUT2D eigenvalue weighted by Crippen LogP contribution is -2.51. The molecule has 2 aliphatic heterocycles. The zero-order chi connectivity index (χ0) is 39.8. The highest BCUT2D eigenvalue weighted by atomic mass is 32.2. The molecule has 1 aromatic carbocycles. The quantitative estimate of drug-likeness (QED) is 0.0390.